The van der Waals surface area contributed by atoms with Crippen molar-refractivity contribution in [2.75, 3.05) is 0 Å². The summed E-state index contributed by atoms with van der Waals surface area (Å²) < 4.78 is 1.93. The van der Waals surface area contributed by atoms with Crippen molar-refractivity contribution in [3.63, 3.8) is 0 Å². The Hall–Kier alpha value is -2.47. The monoisotopic (exact) mass is 298 g/mol. The summed E-state index contributed by atoms with van der Waals surface area (Å²) in [5.74, 6) is -0.0387. The molecule has 3 heterocycles. The van der Waals surface area contributed by atoms with Crippen molar-refractivity contribution in [1.29, 1.82) is 0 Å². The summed E-state index contributed by atoms with van der Waals surface area (Å²) in [6.45, 7) is 0.487. The Kier molecular flexibility index (Phi) is 4.07. The number of amides is 1. The predicted octanol–water partition coefficient (Wildman–Crippen LogP) is 2.19. The molecule has 0 aromatic carbocycles. The molecule has 3 aromatic rings. The van der Waals surface area contributed by atoms with E-state index in [-0.39, 0.29) is 12.3 Å². The van der Waals surface area contributed by atoms with Crippen molar-refractivity contribution in [1.82, 2.24) is 19.9 Å². The summed E-state index contributed by atoms with van der Waals surface area (Å²) in [5, 5.41) is 5.66. The molecule has 0 aliphatic carbocycles. The molecule has 106 valence electrons. The SMILES string of the molecule is O=C(Cc1csc(-n2cccc2)n1)NCc1cccnc1. The first-order chi connectivity index (χ1) is 10.3. The summed E-state index contributed by atoms with van der Waals surface area (Å²) in [7, 11) is 0. The van der Waals surface area contributed by atoms with Gasteiger partial charge in [0.1, 0.15) is 0 Å². The predicted molar refractivity (Wildman–Crippen MR) is 81.2 cm³/mol. The zero-order chi connectivity index (χ0) is 14.5. The van der Waals surface area contributed by atoms with Gasteiger partial charge in [-0.05, 0) is 23.8 Å². The van der Waals surface area contributed by atoms with Gasteiger partial charge in [0.25, 0.3) is 0 Å². The highest BCUT2D eigenvalue weighted by Gasteiger charge is 2.08. The van der Waals surface area contributed by atoms with E-state index >= 15 is 0 Å². The van der Waals surface area contributed by atoms with Crippen LogP contribution in [0.15, 0.2) is 54.4 Å². The van der Waals surface area contributed by atoms with Crippen LogP contribution in [-0.2, 0) is 17.8 Å². The summed E-state index contributed by atoms with van der Waals surface area (Å²) in [4.78, 5) is 20.4. The maximum absolute atomic E-state index is 11.9. The zero-order valence-corrected chi connectivity index (χ0v) is 12.1. The number of carbonyl (C=O) groups excluding carboxylic acids is 1. The van der Waals surface area contributed by atoms with E-state index in [9.17, 15) is 4.79 Å². The topological polar surface area (TPSA) is 59.8 Å². The molecule has 6 heteroatoms. The number of hydrogen-bond acceptors (Lipinski definition) is 4. The fourth-order valence-corrected chi connectivity index (χ4v) is 2.68. The molecule has 0 fully saturated rings. The third kappa shape index (κ3) is 3.55. The Balaban J connectivity index is 1.55. The van der Waals surface area contributed by atoms with Crippen molar-refractivity contribution >= 4 is 17.2 Å². The maximum Gasteiger partial charge on any atom is 0.226 e. The first-order valence-corrected chi connectivity index (χ1v) is 7.42. The van der Waals surface area contributed by atoms with Gasteiger partial charge in [-0.25, -0.2) is 4.98 Å². The van der Waals surface area contributed by atoms with Crippen LogP contribution in [0, 0.1) is 0 Å². The van der Waals surface area contributed by atoms with Crippen molar-refractivity contribution < 1.29 is 4.79 Å². The van der Waals surface area contributed by atoms with Gasteiger partial charge in [0, 0.05) is 36.7 Å². The summed E-state index contributed by atoms with van der Waals surface area (Å²) >= 11 is 1.53. The lowest BCUT2D eigenvalue weighted by atomic mass is 10.2. The van der Waals surface area contributed by atoms with Crippen LogP contribution in [0.5, 0.6) is 0 Å². The van der Waals surface area contributed by atoms with E-state index in [2.05, 4.69) is 15.3 Å². The van der Waals surface area contributed by atoms with Crippen LogP contribution in [0.4, 0.5) is 0 Å². The Bertz CT molecular complexity index is 706. The molecule has 0 saturated carbocycles. The van der Waals surface area contributed by atoms with Gasteiger partial charge in [0.15, 0.2) is 5.13 Å². The quantitative estimate of drug-likeness (QED) is 0.785. The van der Waals surface area contributed by atoms with Crippen LogP contribution in [0.2, 0.25) is 0 Å². The van der Waals surface area contributed by atoms with E-state index in [1.165, 1.54) is 11.3 Å². The molecule has 0 bridgehead atoms. The Morgan fingerprint density at radius 1 is 1.29 bits per heavy atom. The van der Waals surface area contributed by atoms with Gasteiger partial charge in [-0.2, -0.15) is 0 Å². The molecular weight excluding hydrogens is 284 g/mol. The largest absolute Gasteiger partial charge is 0.352 e. The number of nitrogens with one attached hydrogen (secondary N) is 1. The van der Waals surface area contributed by atoms with Crippen LogP contribution in [0.3, 0.4) is 0 Å². The van der Waals surface area contributed by atoms with Crippen LogP contribution in [0.25, 0.3) is 5.13 Å². The third-order valence-electron chi connectivity index (χ3n) is 2.92. The minimum absolute atomic E-state index is 0.0387. The average molecular weight is 298 g/mol. The van der Waals surface area contributed by atoms with Gasteiger partial charge < -0.3 is 9.88 Å². The number of pyridine rings is 1. The van der Waals surface area contributed by atoms with Crippen molar-refractivity contribution in [3.05, 3.63) is 65.7 Å². The second-order valence-electron chi connectivity index (χ2n) is 4.53. The fourth-order valence-electron chi connectivity index (χ4n) is 1.89. The van der Waals surface area contributed by atoms with E-state index in [0.717, 1.165) is 16.4 Å². The molecule has 0 spiro atoms. The highest BCUT2D eigenvalue weighted by Crippen LogP contribution is 2.15. The summed E-state index contributed by atoms with van der Waals surface area (Å²) in [5.41, 5.74) is 1.77. The molecule has 21 heavy (non-hydrogen) atoms. The van der Waals surface area contributed by atoms with Gasteiger partial charge in [0.05, 0.1) is 12.1 Å². The smallest absolute Gasteiger partial charge is 0.226 e. The van der Waals surface area contributed by atoms with Crippen LogP contribution in [-0.4, -0.2) is 20.4 Å². The molecule has 0 unspecified atom stereocenters. The number of carbonyl (C=O) groups is 1. The first-order valence-electron chi connectivity index (χ1n) is 6.54. The van der Waals surface area contributed by atoms with Crippen molar-refractivity contribution in [2.45, 2.75) is 13.0 Å². The van der Waals surface area contributed by atoms with Crippen molar-refractivity contribution in [2.24, 2.45) is 0 Å². The Labute approximate surface area is 126 Å². The third-order valence-corrected chi connectivity index (χ3v) is 3.82. The molecule has 0 saturated heterocycles. The number of thiazole rings is 1. The molecule has 1 N–H and O–H groups in total. The number of nitrogens with zero attached hydrogens (tertiary/aromatic N) is 3. The average Bonchev–Trinajstić information content (AvgIpc) is 3.17. The molecule has 3 rings (SSSR count). The molecule has 1 amide bonds. The number of rotatable bonds is 5. The second-order valence-corrected chi connectivity index (χ2v) is 5.36. The minimum Gasteiger partial charge on any atom is -0.352 e. The highest BCUT2D eigenvalue weighted by atomic mass is 32.1. The Morgan fingerprint density at radius 3 is 2.90 bits per heavy atom. The minimum atomic E-state index is -0.0387. The molecule has 3 aromatic heterocycles. The lowest BCUT2D eigenvalue weighted by Gasteiger charge is -2.03. The Morgan fingerprint density at radius 2 is 2.14 bits per heavy atom. The van der Waals surface area contributed by atoms with Gasteiger partial charge in [0.2, 0.25) is 5.91 Å². The maximum atomic E-state index is 11.9. The van der Waals surface area contributed by atoms with Crippen molar-refractivity contribution in [3.8, 4) is 5.13 Å². The van der Waals surface area contributed by atoms with E-state index < -0.39 is 0 Å². The standard InChI is InChI=1S/C15H14N4OS/c20-14(17-10-12-4-3-5-16-9-12)8-13-11-21-15(18-13)19-6-1-2-7-19/h1-7,9,11H,8,10H2,(H,17,20). The lowest BCUT2D eigenvalue weighted by Crippen LogP contribution is -2.24. The van der Waals surface area contributed by atoms with E-state index in [1.54, 1.807) is 12.4 Å². The summed E-state index contributed by atoms with van der Waals surface area (Å²) in [6, 6.07) is 7.68. The first kappa shape index (κ1) is 13.5. The van der Waals surface area contributed by atoms with Crippen LogP contribution < -0.4 is 5.32 Å². The molecular formula is C15H14N4OS. The van der Waals surface area contributed by atoms with Gasteiger partial charge >= 0.3 is 0 Å². The van der Waals surface area contributed by atoms with Crippen LogP contribution >= 0.6 is 11.3 Å². The molecule has 0 aliphatic heterocycles. The van der Waals surface area contributed by atoms with E-state index in [1.807, 2.05) is 46.6 Å². The molecule has 0 atom stereocenters. The molecule has 0 aliphatic rings. The zero-order valence-electron chi connectivity index (χ0n) is 11.3. The van der Waals surface area contributed by atoms with Crippen LogP contribution in [0.1, 0.15) is 11.3 Å². The summed E-state index contributed by atoms with van der Waals surface area (Å²) in [6.07, 6.45) is 7.62. The van der Waals surface area contributed by atoms with Gasteiger partial charge in [-0.3, -0.25) is 9.78 Å². The van der Waals surface area contributed by atoms with E-state index in [0.29, 0.717) is 6.54 Å². The number of hydrogen-bond donors (Lipinski definition) is 1. The lowest BCUT2D eigenvalue weighted by molar-refractivity contribution is -0.120. The normalized spacial score (nSPS) is 10.5. The van der Waals surface area contributed by atoms with Gasteiger partial charge in [-0.1, -0.05) is 6.07 Å². The number of aromatic nitrogens is 3. The molecule has 0 radical (unpaired) electrons. The van der Waals surface area contributed by atoms with E-state index in [4.69, 9.17) is 0 Å². The second kappa shape index (κ2) is 6.32. The molecule has 5 nitrogen and oxygen atoms in total. The highest BCUT2D eigenvalue weighted by molar-refractivity contribution is 7.12. The van der Waals surface area contributed by atoms with Gasteiger partial charge in [-0.15, -0.1) is 11.3 Å². The fraction of sp³-hybridized carbons (Fsp3) is 0.133.